The second-order valence-electron chi connectivity index (χ2n) is 6.42. The molecule has 0 bridgehead atoms. The van der Waals surface area contributed by atoms with E-state index in [1.807, 2.05) is 36.6 Å². The van der Waals surface area contributed by atoms with Crippen LogP contribution in [-0.2, 0) is 10.0 Å². The van der Waals surface area contributed by atoms with Gasteiger partial charge in [0.2, 0.25) is 10.0 Å². The molecule has 0 fully saturated rings. The monoisotopic (exact) mass is 429 g/mol. The molecule has 0 radical (unpaired) electrons. The quantitative estimate of drug-likeness (QED) is 0.604. The fourth-order valence-electron chi connectivity index (χ4n) is 2.98. The van der Waals surface area contributed by atoms with Gasteiger partial charge in [0.25, 0.3) is 5.91 Å². The second kappa shape index (κ2) is 8.86. The molecule has 3 rings (SSSR count). The van der Waals surface area contributed by atoms with Crippen molar-refractivity contribution < 1.29 is 13.2 Å². The highest BCUT2D eigenvalue weighted by Crippen LogP contribution is 2.27. The fraction of sp³-hybridized carbons (Fsp3) is 0.238. The average Bonchev–Trinajstić information content (AvgIpc) is 3.17. The number of aryl methyl sites for hydroxylation is 1. The molecule has 152 valence electrons. The van der Waals surface area contributed by atoms with Crippen LogP contribution < -0.4 is 5.32 Å². The van der Waals surface area contributed by atoms with Crippen LogP contribution in [0.3, 0.4) is 0 Å². The van der Waals surface area contributed by atoms with Gasteiger partial charge >= 0.3 is 0 Å². The highest BCUT2D eigenvalue weighted by atomic mass is 32.2. The minimum Gasteiger partial charge on any atom is -0.298 e. The lowest BCUT2D eigenvalue weighted by molar-refractivity contribution is 0.102. The van der Waals surface area contributed by atoms with Gasteiger partial charge in [-0.05, 0) is 36.8 Å². The summed E-state index contributed by atoms with van der Waals surface area (Å²) in [5.41, 5.74) is 3.32. The van der Waals surface area contributed by atoms with Crippen molar-refractivity contribution in [2.75, 3.05) is 18.4 Å². The Balaban J connectivity index is 1.75. The predicted octanol–water partition coefficient (Wildman–Crippen LogP) is 4.40. The minimum atomic E-state index is -3.54. The molecule has 0 spiro atoms. The minimum absolute atomic E-state index is 0.175. The largest absolute Gasteiger partial charge is 0.298 e. The average molecular weight is 430 g/mol. The third kappa shape index (κ3) is 4.55. The summed E-state index contributed by atoms with van der Waals surface area (Å²) in [7, 11) is -3.54. The molecular formula is C21H23N3O3S2. The molecule has 6 nitrogen and oxygen atoms in total. The Morgan fingerprint density at radius 2 is 1.72 bits per heavy atom. The number of benzene rings is 2. The zero-order valence-corrected chi connectivity index (χ0v) is 18.2. The molecule has 0 unspecified atom stereocenters. The first-order valence-corrected chi connectivity index (χ1v) is 11.6. The van der Waals surface area contributed by atoms with E-state index in [2.05, 4.69) is 10.3 Å². The summed E-state index contributed by atoms with van der Waals surface area (Å²) in [5, 5.41) is 5.17. The lowest BCUT2D eigenvalue weighted by atomic mass is 10.1. The van der Waals surface area contributed by atoms with Crippen molar-refractivity contribution in [3.8, 4) is 11.3 Å². The third-order valence-electron chi connectivity index (χ3n) is 4.61. The summed E-state index contributed by atoms with van der Waals surface area (Å²) in [6.07, 6.45) is 0. The van der Waals surface area contributed by atoms with E-state index >= 15 is 0 Å². The van der Waals surface area contributed by atoms with E-state index in [0.29, 0.717) is 23.8 Å². The number of carbonyl (C=O) groups excluding carboxylic acids is 1. The van der Waals surface area contributed by atoms with Crippen molar-refractivity contribution >= 4 is 32.4 Å². The molecule has 0 atom stereocenters. The van der Waals surface area contributed by atoms with Crippen LogP contribution in [0.1, 0.15) is 29.8 Å². The van der Waals surface area contributed by atoms with Crippen LogP contribution in [0.4, 0.5) is 5.13 Å². The Bertz CT molecular complexity index is 1100. The Kier molecular flexibility index (Phi) is 6.46. The van der Waals surface area contributed by atoms with Gasteiger partial charge in [-0.3, -0.25) is 10.1 Å². The number of hydrogen-bond acceptors (Lipinski definition) is 5. The van der Waals surface area contributed by atoms with Gasteiger partial charge in [-0.1, -0.05) is 38.1 Å². The maximum Gasteiger partial charge on any atom is 0.257 e. The molecule has 8 heteroatoms. The summed E-state index contributed by atoms with van der Waals surface area (Å²) in [6, 6.07) is 13.9. The number of nitrogens with zero attached hydrogens (tertiary/aromatic N) is 2. The van der Waals surface area contributed by atoms with Crippen molar-refractivity contribution in [2.24, 2.45) is 0 Å². The second-order valence-corrected chi connectivity index (χ2v) is 9.22. The first kappa shape index (κ1) is 21.2. The number of amides is 1. The van der Waals surface area contributed by atoms with Crippen LogP contribution in [0, 0.1) is 6.92 Å². The summed E-state index contributed by atoms with van der Waals surface area (Å²) in [4.78, 5) is 17.2. The van der Waals surface area contributed by atoms with Crippen LogP contribution in [0.25, 0.3) is 11.3 Å². The van der Waals surface area contributed by atoms with E-state index < -0.39 is 10.0 Å². The van der Waals surface area contributed by atoms with Crippen molar-refractivity contribution in [2.45, 2.75) is 25.7 Å². The Morgan fingerprint density at radius 3 is 2.34 bits per heavy atom. The zero-order valence-electron chi connectivity index (χ0n) is 16.5. The highest BCUT2D eigenvalue weighted by Gasteiger charge is 2.21. The summed E-state index contributed by atoms with van der Waals surface area (Å²) >= 11 is 1.35. The molecule has 29 heavy (non-hydrogen) atoms. The van der Waals surface area contributed by atoms with E-state index in [-0.39, 0.29) is 10.8 Å². The Hall–Kier alpha value is -2.55. The van der Waals surface area contributed by atoms with Crippen molar-refractivity contribution in [3.63, 3.8) is 0 Å². The van der Waals surface area contributed by atoms with Crippen LogP contribution in [0.15, 0.2) is 58.8 Å². The number of sulfonamides is 1. The van der Waals surface area contributed by atoms with Gasteiger partial charge in [0.15, 0.2) is 5.13 Å². The van der Waals surface area contributed by atoms with Crippen LogP contribution in [0.5, 0.6) is 0 Å². The van der Waals surface area contributed by atoms with E-state index in [1.165, 1.54) is 39.9 Å². The normalized spacial score (nSPS) is 11.6. The lowest BCUT2D eigenvalue weighted by Gasteiger charge is -2.18. The maximum absolute atomic E-state index is 12.5. The van der Waals surface area contributed by atoms with Crippen molar-refractivity contribution in [1.29, 1.82) is 0 Å². The summed E-state index contributed by atoms with van der Waals surface area (Å²) in [5.74, 6) is -0.331. The smallest absolute Gasteiger partial charge is 0.257 e. The van der Waals surface area contributed by atoms with Crippen molar-refractivity contribution in [3.05, 3.63) is 65.0 Å². The summed E-state index contributed by atoms with van der Waals surface area (Å²) < 4.78 is 26.5. The maximum atomic E-state index is 12.5. The van der Waals surface area contributed by atoms with Crippen LogP contribution >= 0.6 is 11.3 Å². The van der Waals surface area contributed by atoms with Gasteiger partial charge in [0.1, 0.15) is 0 Å². The number of nitrogens with one attached hydrogen (secondary N) is 1. The molecule has 3 aromatic rings. The molecule has 0 aliphatic carbocycles. The number of anilines is 1. The molecular weight excluding hydrogens is 406 g/mol. The van der Waals surface area contributed by atoms with E-state index in [0.717, 1.165) is 16.8 Å². The van der Waals surface area contributed by atoms with E-state index in [4.69, 9.17) is 0 Å². The first-order chi connectivity index (χ1) is 13.9. The summed E-state index contributed by atoms with van der Waals surface area (Å²) in [6.45, 7) is 6.40. The number of rotatable bonds is 7. The Labute approximate surface area is 175 Å². The molecule has 0 aliphatic rings. The standard InChI is InChI=1S/C21H23N3O3S2/c1-4-24(5-2)29(26,27)17-12-10-16(11-13-17)20(25)23-21-22-19(14-28-21)18-9-7-6-8-15(18)3/h6-14H,4-5H2,1-3H3,(H,22,23,25). The molecule has 0 saturated heterocycles. The fourth-order valence-corrected chi connectivity index (χ4v) is 5.14. The number of aromatic nitrogens is 1. The molecule has 1 N–H and O–H groups in total. The molecule has 2 aromatic carbocycles. The van der Waals surface area contributed by atoms with Gasteiger partial charge in [-0.15, -0.1) is 11.3 Å². The molecule has 1 amide bonds. The van der Waals surface area contributed by atoms with Crippen LogP contribution in [-0.4, -0.2) is 36.7 Å². The van der Waals surface area contributed by atoms with E-state index in [9.17, 15) is 13.2 Å². The van der Waals surface area contributed by atoms with Gasteiger partial charge in [-0.25, -0.2) is 13.4 Å². The highest BCUT2D eigenvalue weighted by molar-refractivity contribution is 7.89. The third-order valence-corrected chi connectivity index (χ3v) is 7.43. The van der Waals surface area contributed by atoms with E-state index in [1.54, 1.807) is 13.8 Å². The molecule has 0 saturated carbocycles. The molecule has 0 aliphatic heterocycles. The molecule has 1 aromatic heterocycles. The SMILES string of the molecule is CCN(CC)S(=O)(=O)c1ccc(C(=O)Nc2nc(-c3ccccc3C)cs2)cc1. The van der Waals surface area contributed by atoms with Crippen molar-refractivity contribution in [1.82, 2.24) is 9.29 Å². The molecule has 1 heterocycles. The zero-order chi connectivity index (χ0) is 21.0. The van der Waals surface area contributed by atoms with Gasteiger partial charge in [-0.2, -0.15) is 4.31 Å². The number of hydrogen-bond donors (Lipinski definition) is 1. The predicted molar refractivity (Wildman–Crippen MR) is 117 cm³/mol. The lowest BCUT2D eigenvalue weighted by Crippen LogP contribution is -2.30. The number of thiazole rings is 1. The van der Waals surface area contributed by atoms with Gasteiger partial charge < -0.3 is 0 Å². The Morgan fingerprint density at radius 1 is 1.07 bits per heavy atom. The topological polar surface area (TPSA) is 79.4 Å². The first-order valence-electron chi connectivity index (χ1n) is 9.30. The van der Waals surface area contributed by atoms with Gasteiger partial charge in [0, 0.05) is 29.6 Å². The number of carbonyl (C=O) groups is 1. The van der Waals surface area contributed by atoms with Crippen LogP contribution in [0.2, 0.25) is 0 Å². The van der Waals surface area contributed by atoms with Gasteiger partial charge in [0.05, 0.1) is 10.6 Å².